The van der Waals surface area contributed by atoms with Gasteiger partial charge in [0, 0.05) is 18.5 Å². The van der Waals surface area contributed by atoms with Gasteiger partial charge in [-0.3, -0.25) is 4.79 Å². The lowest BCUT2D eigenvalue weighted by Crippen LogP contribution is -2.25. The van der Waals surface area contributed by atoms with Crippen molar-refractivity contribution in [3.63, 3.8) is 0 Å². The van der Waals surface area contributed by atoms with Gasteiger partial charge in [0.15, 0.2) is 5.13 Å². The second-order valence-corrected chi connectivity index (χ2v) is 6.28. The third-order valence-electron chi connectivity index (χ3n) is 3.91. The summed E-state index contributed by atoms with van der Waals surface area (Å²) < 4.78 is 0. The molecule has 1 aliphatic rings. The second-order valence-electron chi connectivity index (χ2n) is 5.44. The summed E-state index contributed by atoms with van der Waals surface area (Å²) in [6.07, 6.45) is 6.23. The molecule has 5 nitrogen and oxygen atoms in total. The summed E-state index contributed by atoms with van der Waals surface area (Å²) in [5.41, 5.74) is 6.06. The van der Waals surface area contributed by atoms with Crippen molar-refractivity contribution < 1.29 is 9.90 Å². The Hall–Kier alpha value is -1.14. The van der Waals surface area contributed by atoms with E-state index in [2.05, 4.69) is 16.8 Å². The predicted octanol–water partition coefficient (Wildman–Crippen LogP) is 2.63. The SMILES string of the molecule is CCCC1CCCN(c2nc(C(N)C(=O)O)cs2)CC1. The van der Waals surface area contributed by atoms with Crippen molar-refractivity contribution in [1.82, 2.24) is 4.98 Å². The average Bonchev–Trinajstić information content (AvgIpc) is 2.79. The second kappa shape index (κ2) is 7.04. The average molecular weight is 297 g/mol. The standard InChI is InChI=1S/C14H23N3O2S/c1-2-4-10-5-3-7-17(8-6-10)14-16-11(9-20-14)12(15)13(18)19/h9-10,12H,2-8,15H2,1H3,(H,18,19). The van der Waals surface area contributed by atoms with Crippen molar-refractivity contribution in [3.8, 4) is 0 Å². The first-order chi connectivity index (χ1) is 9.61. The zero-order valence-electron chi connectivity index (χ0n) is 11.9. The number of carboxylic acid groups (broad SMARTS) is 1. The van der Waals surface area contributed by atoms with Gasteiger partial charge in [-0.1, -0.05) is 19.8 Å². The molecule has 3 N–H and O–H groups in total. The summed E-state index contributed by atoms with van der Waals surface area (Å²) in [6.45, 7) is 4.26. The highest BCUT2D eigenvalue weighted by Crippen LogP contribution is 2.28. The third-order valence-corrected chi connectivity index (χ3v) is 4.83. The number of aromatic nitrogens is 1. The first-order valence-corrected chi connectivity index (χ1v) is 8.18. The van der Waals surface area contributed by atoms with Crippen molar-refractivity contribution >= 4 is 22.4 Å². The number of rotatable bonds is 5. The van der Waals surface area contributed by atoms with E-state index in [0.29, 0.717) is 5.69 Å². The van der Waals surface area contributed by atoms with Crippen LogP contribution in [0.15, 0.2) is 5.38 Å². The van der Waals surface area contributed by atoms with E-state index in [4.69, 9.17) is 10.8 Å². The van der Waals surface area contributed by atoms with Crippen LogP contribution in [0.25, 0.3) is 0 Å². The highest BCUT2D eigenvalue weighted by Gasteiger charge is 2.22. The lowest BCUT2D eigenvalue weighted by molar-refractivity contribution is -0.138. The fraction of sp³-hybridized carbons (Fsp3) is 0.714. The number of thiazole rings is 1. The molecule has 2 atom stereocenters. The number of nitrogens with two attached hydrogens (primary N) is 1. The summed E-state index contributed by atoms with van der Waals surface area (Å²) in [6, 6.07) is -1.01. The molecule has 2 unspecified atom stereocenters. The number of nitrogens with zero attached hydrogens (tertiary/aromatic N) is 2. The van der Waals surface area contributed by atoms with Gasteiger partial charge in [0.1, 0.15) is 6.04 Å². The Kier molecular flexibility index (Phi) is 5.37. The zero-order valence-corrected chi connectivity index (χ0v) is 12.7. The molecular weight excluding hydrogens is 274 g/mol. The van der Waals surface area contributed by atoms with Crippen LogP contribution < -0.4 is 10.6 Å². The summed E-state index contributed by atoms with van der Waals surface area (Å²) >= 11 is 1.50. The van der Waals surface area contributed by atoms with Gasteiger partial charge in [-0.25, -0.2) is 4.98 Å². The molecule has 0 bridgehead atoms. The number of hydrogen-bond acceptors (Lipinski definition) is 5. The fourth-order valence-corrected chi connectivity index (χ4v) is 3.66. The molecule has 0 aliphatic carbocycles. The maximum absolute atomic E-state index is 10.9. The van der Waals surface area contributed by atoms with Gasteiger partial charge in [0.25, 0.3) is 0 Å². The Balaban J connectivity index is 1.99. The lowest BCUT2D eigenvalue weighted by atomic mass is 9.96. The molecule has 0 amide bonds. The van der Waals surface area contributed by atoms with E-state index in [1.54, 1.807) is 5.38 Å². The predicted molar refractivity (Wildman–Crippen MR) is 81.1 cm³/mol. The molecule has 1 aliphatic heterocycles. The van der Waals surface area contributed by atoms with E-state index in [1.807, 2.05) is 0 Å². The molecule has 0 aromatic carbocycles. The molecule has 0 radical (unpaired) electrons. The molecule has 1 fully saturated rings. The normalized spacial score (nSPS) is 21.5. The topological polar surface area (TPSA) is 79.5 Å². The van der Waals surface area contributed by atoms with Crippen LogP contribution in [0.3, 0.4) is 0 Å². The van der Waals surface area contributed by atoms with Gasteiger partial charge in [-0.2, -0.15) is 0 Å². The van der Waals surface area contributed by atoms with Gasteiger partial charge in [0.2, 0.25) is 0 Å². The van der Waals surface area contributed by atoms with Crippen LogP contribution in [-0.2, 0) is 4.79 Å². The van der Waals surface area contributed by atoms with E-state index in [-0.39, 0.29) is 0 Å². The van der Waals surface area contributed by atoms with Crippen molar-refractivity contribution in [2.45, 2.75) is 45.1 Å². The molecule has 2 rings (SSSR count). The van der Waals surface area contributed by atoms with Crippen LogP contribution in [0.4, 0.5) is 5.13 Å². The summed E-state index contributed by atoms with van der Waals surface area (Å²) in [5, 5.41) is 11.6. The van der Waals surface area contributed by atoms with Crippen molar-refractivity contribution in [3.05, 3.63) is 11.1 Å². The van der Waals surface area contributed by atoms with Gasteiger partial charge >= 0.3 is 5.97 Å². The van der Waals surface area contributed by atoms with Gasteiger partial charge in [0.05, 0.1) is 5.69 Å². The number of carbonyl (C=O) groups is 1. The quantitative estimate of drug-likeness (QED) is 0.873. The summed E-state index contributed by atoms with van der Waals surface area (Å²) in [7, 11) is 0. The van der Waals surface area contributed by atoms with E-state index < -0.39 is 12.0 Å². The Morgan fingerprint density at radius 2 is 2.40 bits per heavy atom. The van der Waals surface area contributed by atoms with Crippen LogP contribution in [0.2, 0.25) is 0 Å². The van der Waals surface area contributed by atoms with E-state index in [9.17, 15) is 4.79 Å². The van der Waals surface area contributed by atoms with Gasteiger partial charge in [-0.15, -0.1) is 11.3 Å². The van der Waals surface area contributed by atoms with Crippen molar-refractivity contribution in [2.24, 2.45) is 11.7 Å². The Labute approximate surface area is 123 Å². The molecule has 0 saturated carbocycles. The number of hydrogen-bond donors (Lipinski definition) is 2. The minimum Gasteiger partial charge on any atom is -0.480 e. The van der Waals surface area contributed by atoms with Crippen LogP contribution in [0, 0.1) is 5.92 Å². The zero-order chi connectivity index (χ0) is 14.5. The first-order valence-electron chi connectivity index (χ1n) is 7.30. The molecule has 20 heavy (non-hydrogen) atoms. The van der Waals surface area contributed by atoms with Gasteiger partial charge < -0.3 is 15.7 Å². The van der Waals surface area contributed by atoms with Crippen LogP contribution in [0.5, 0.6) is 0 Å². The molecular formula is C14H23N3O2S. The van der Waals surface area contributed by atoms with E-state index >= 15 is 0 Å². The maximum atomic E-state index is 10.9. The molecule has 0 spiro atoms. The number of carboxylic acids is 1. The smallest absolute Gasteiger partial charge is 0.326 e. The van der Waals surface area contributed by atoms with Crippen molar-refractivity contribution in [1.29, 1.82) is 0 Å². The van der Waals surface area contributed by atoms with Crippen molar-refractivity contribution in [2.75, 3.05) is 18.0 Å². The molecule has 6 heteroatoms. The number of aliphatic carboxylic acids is 1. The first kappa shape index (κ1) is 15.3. The molecule has 2 heterocycles. The van der Waals surface area contributed by atoms with Crippen LogP contribution >= 0.6 is 11.3 Å². The highest BCUT2D eigenvalue weighted by atomic mass is 32.1. The van der Waals surface area contributed by atoms with Crippen LogP contribution in [-0.4, -0.2) is 29.1 Å². The lowest BCUT2D eigenvalue weighted by Gasteiger charge is -2.19. The minimum absolute atomic E-state index is 0.465. The van der Waals surface area contributed by atoms with Crippen LogP contribution in [0.1, 0.15) is 50.8 Å². The largest absolute Gasteiger partial charge is 0.480 e. The Morgan fingerprint density at radius 3 is 3.10 bits per heavy atom. The highest BCUT2D eigenvalue weighted by molar-refractivity contribution is 7.13. The third kappa shape index (κ3) is 3.70. The van der Waals surface area contributed by atoms with Gasteiger partial charge in [-0.05, 0) is 25.2 Å². The fourth-order valence-electron chi connectivity index (χ4n) is 2.74. The Morgan fingerprint density at radius 1 is 1.60 bits per heavy atom. The summed E-state index contributed by atoms with van der Waals surface area (Å²) in [4.78, 5) is 17.6. The summed E-state index contributed by atoms with van der Waals surface area (Å²) in [5.74, 6) is -0.202. The maximum Gasteiger partial charge on any atom is 0.326 e. The molecule has 1 aromatic rings. The molecule has 112 valence electrons. The molecule has 1 aromatic heterocycles. The van der Waals surface area contributed by atoms with E-state index in [0.717, 1.165) is 24.1 Å². The Bertz CT molecular complexity index is 449. The molecule has 1 saturated heterocycles. The monoisotopic (exact) mass is 297 g/mol. The minimum atomic E-state index is -1.03. The number of anilines is 1. The van der Waals surface area contributed by atoms with E-state index in [1.165, 1.54) is 43.4 Å².